The molecule has 2 unspecified atom stereocenters. The van der Waals surface area contributed by atoms with Crippen LogP contribution in [-0.4, -0.2) is 49.3 Å². The maximum absolute atomic E-state index is 12.7. The van der Waals surface area contributed by atoms with Crippen LogP contribution in [0.5, 0.6) is 0 Å². The van der Waals surface area contributed by atoms with Crippen LogP contribution in [0.1, 0.15) is 271 Å². The fourth-order valence-electron chi connectivity index (χ4n) is 8.91. The number of esters is 2. The molecule has 0 amide bonds. The quantitative estimate of drug-likeness (QED) is 0.0264. The minimum atomic E-state index is -4.42. The van der Waals surface area contributed by atoms with E-state index in [0.717, 1.165) is 109 Å². The van der Waals surface area contributed by atoms with Gasteiger partial charge in [-0.1, -0.05) is 287 Å². The predicted molar refractivity (Wildman–Crippen MR) is 366 cm³/mol. The number of nitrogens with two attached hydrogens (primary N) is 1. The number of phosphoric ester groups is 1. The Morgan fingerprint density at radius 1 is 0.365 bits per heavy atom. The van der Waals surface area contributed by atoms with Gasteiger partial charge in [0.05, 0.1) is 13.2 Å². The molecule has 0 aliphatic rings. The second-order valence-electron chi connectivity index (χ2n) is 22.0. The third-order valence-electron chi connectivity index (χ3n) is 13.9. The van der Waals surface area contributed by atoms with E-state index in [1.165, 1.54) is 128 Å². The zero-order valence-electron chi connectivity index (χ0n) is 54.0. The molecule has 85 heavy (non-hydrogen) atoms. The molecule has 0 bridgehead atoms. The van der Waals surface area contributed by atoms with Gasteiger partial charge in [0.15, 0.2) is 6.10 Å². The first kappa shape index (κ1) is 80.6. The van der Waals surface area contributed by atoms with Gasteiger partial charge in [-0.05, 0) is 128 Å². The summed E-state index contributed by atoms with van der Waals surface area (Å²) in [5.74, 6) is -0.885. The number of hydrogen-bond donors (Lipinski definition) is 2. The molecule has 0 saturated heterocycles. The first-order chi connectivity index (χ1) is 41.8. The number of rotatable bonds is 62. The van der Waals surface area contributed by atoms with Gasteiger partial charge in [0.25, 0.3) is 0 Å². The van der Waals surface area contributed by atoms with Crippen molar-refractivity contribution in [1.29, 1.82) is 0 Å². The van der Waals surface area contributed by atoms with E-state index in [1.54, 1.807) is 0 Å². The summed E-state index contributed by atoms with van der Waals surface area (Å²) in [6.07, 6.45) is 100. The summed E-state index contributed by atoms with van der Waals surface area (Å²) in [5, 5.41) is 0. The molecule has 9 nitrogen and oxygen atoms in total. The highest BCUT2D eigenvalue weighted by Gasteiger charge is 2.26. The second kappa shape index (κ2) is 68.7. The van der Waals surface area contributed by atoms with Gasteiger partial charge in [-0.15, -0.1) is 0 Å². The molecular weight excluding hydrogens is 1070 g/mol. The normalized spacial score (nSPS) is 14.0. The fraction of sp³-hybridized carbons (Fsp3) is 0.627. The Hall–Kier alpha value is -4.37. The minimum absolute atomic E-state index is 0.0382. The van der Waals surface area contributed by atoms with E-state index in [2.05, 4.69) is 172 Å². The standard InChI is InChI=1S/C75H124NO8P/c1-3-5-7-9-11-13-15-17-19-21-23-25-27-29-31-33-35-36-38-40-42-44-46-48-50-52-54-56-58-60-62-64-66-68-75(78)84-73(72-83-85(79,80)82-70-69-76)71-81-74(77)67-65-63-61-59-57-55-53-51-49-47-45-43-41-39-37-34-32-30-28-26-24-22-20-18-16-14-12-10-8-6-4-2/h5,7,11,13,16-19,22-25,28-31,35-36,40,42,46,48,52,54,58,60,73H,3-4,6,8-10,12,14-15,20-21,26-27,32-34,37-39,41,43-45,47,49-51,53,55-57,59,61-72,76H2,1-2H3,(H,79,80)/b7-5-,13-11-,18-16-,19-17-,24-22-,25-23-,30-28-,31-29-,36-35-,42-40-,48-46-,54-52-,60-58-. The molecule has 10 heteroatoms. The van der Waals surface area contributed by atoms with Crippen molar-refractivity contribution in [3.8, 4) is 0 Å². The van der Waals surface area contributed by atoms with Gasteiger partial charge < -0.3 is 20.1 Å². The summed E-state index contributed by atoms with van der Waals surface area (Å²) in [5.41, 5.74) is 5.39. The summed E-state index contributed by atoms with van der Waals surface area (Å²) in [7, 11) is -4.42. The topological polar surface area (TPSA) is 134 Å². The molecule has 0 fully saturated rings. The van der Waals surface area contributed by atoms with Crippen molar-refractivity contribution in [2.24, 2.45) is 5.73 Å². The van der Waals surface area contributed by atoms with E-state index < -0.39 is 32.5 Å². The van der Waals surface area contributed by atoms with Gasteiger partial charge in [0.1, 0.15) is 6.61 Å². The van der Waals surface area contributed by atoms with Crippen LogP contribution in [0.3, 0.4) is 0 Å². The van der Waals surface area contributed by atoms with E-state index in [1.807, 2.05) is 0 Å². The van der Waals surface area contributed by atoms with Crippen LogP contribution in [0.25, 0.3) is 0 Å². The third kappa shape index (κ3) is 68.6. The maximum Gasteiger partial charge on any atom is 0.472 e. The van der Waals surface area contributed by atoms with E-state index in [4.69, 9.17) is 24.3 Å². The molecule has 2 atom stereocenters. The van der Waals surface area contributed by atoms with E-state index in [0.29, 0.717) is 6.42 Å². The molecule has 0 aliphatic carbocycles. The monoisotopic (exact) mass is 1200 g/mol. The average Bonchev–Trinajstić information content (AvgIpc) is 3.52. The van der Waals surface area contributed by atoms with E-state index in [9.17, 15) is 19.0 Å². The van der Waals surface area contributed by atoms with Crippen molar-refractivity contribution in [2.75, 3.05) is 26.4 Å². The second-order valence-corrected chi connectivity index (χ2v) is 23.4. The van der Waals surface area contributed by atoms with Gasteiger partial charge in [-0.25, -0.2) is 4.57 Å². The molecule has 3 N–H and O–H groups in total. The molecule has 0 rings (SSSR count). The zero-order valence-corrected chi connectivity index (χ0v) is 54.9. The van der Waals surface area contributed by atoms with Crippen LogP contribution in [0.4, 0.5) is 0 Å². The molecule has 482 valence electrons. The van der Waals surface area contributed by atoms with Crippen molar-refractivity contribution in [2.45, 2.75) is 277 Å². The van der Waals surface area contributed by atoms with Gasteiger partial charge in [0.2, 0.25) is 0 Å². The summed E-state index contributed by atoms with van der Waals surface area (Å²) >= 11 is 0. The average molecular weight is 1200 g/mol. The first-order valence-corrected chi connectivity index (χ1v) is 35.5. The lowest BCUT2D eigenvalue weighted by Crippen LogP contribution is -2.29. The Kier molecular flexibility index (Phi) is 65.2. The van der Waals surface area contributed by atoms with Crippen molar-refractivity contribution in [1.82, 2.24) is 0 Å². The lowest BCUT2D eigenvalue weighted by molar-refractivity contribution is -0.161. The van der Waals surface area contributed by atoms with Crippen molar-refractivity contribution in [3.63, 3.8) is 0 Å². The number of allylic oxidation sites excluding steroid dienone is 26. The molecule has 0 aromatic carbocycles. The summed E-state index contributed by atoms with van der Waals surface area (Å²) in [6, 6.07) is 0. The largest absolute Gasteiger partial charge is 0.472 e. The lowest BCUT2D eigenvalue weighted by atomic mass is 10.0. The fourth-order valence-corrected chi connectivity index (χ4v) is 9.67. The number of phosphoric acid groups is 1. The van der Waals surface area contributed by atoms with Crippen LogP contribution in [0.15, 0.2) is 158 Å². The molecule has 0 radical (unpaired) electrons. The third-order valence-corrected chi connectivity index (χ3v) is 14.9. The molecule has 0 saturated carbocycles. The zero-order chi connectivity index (χ0) is 61.6. The van der Waals surface area contributed by atoms with Crippen LogP contribution in [0.2, 0.25) is 0 Å². The van der Waals surface area contributed by atoms with E-state index in [-0.39, 0.29) is 32.6 Å². The van der Waals surface area contributed by atoms with Crippen molar-refractivity contribution >= 4 is 19.8 Å². The lowest BCUT2D eigenvalue weighted by Gasteiger charge is -2.19. The van der Waals surface area contributed by atoms with Crippen LogP contribution in [0, 0.1) is 0 Å². The van der Waals surface area contributed by atoms with E-state index >= 15 is 0 Å². The van der Waals surface area contributed by atoms with Crippen LogP contribution in [-0.2, 0) is 32.7 Å². The predicted octanol–water partition coefficient (Wildman–Crippen LogP) is 22.4. The van der Waals surface area contributed by atoms with Gasteiger partial charge in [-0.2, -0.15) is 0 Å². The summed E-state index contributed by atoms with van der Waals surface area (Å²) in [6.45, 7) is 3.57. The number of carbonyl (C=O) groups excluding carboxylic acids is 2. The molecule has 0 aromatic heterocycles. The molecular formula is C75H124NO8P. The van der Waals surface area contributed by atoms with Crippen LogP contribution < -0.4 is 5.73 Å². The Morgan fingerprint density at radius 2 is 0.647 bits per heavy atom. The SMILES string of the molecule is CC/C=C\C/C=C\C/C=C\C/C=C\C/C=C\C/C=C\C/C=C\C/C=C\C/C=C\C/C=C\CCCCC(=O)OC(COC(=O)CCCCCCCCCCCCCCCCCC/C=C\C/C=C\C/C=C\CCCCCCC)COP(=O)(O)OCCN. The summed E-state index contributed by atoms with van der Waals surface area (Å²) in [4.78, 5) is 35.3. The highest BCUT2D eigenvalue weighted by molar-refractivity contribution is 7.47. The number of hydrogen-bond acceptors (Lipinski definition) is 8. The van der Waals surface area contributed by atoms with Gasteiger partial charge in [-0.3, -0.25) is 18.6 Å². The molecule has 0 aliphatic heterocycles. The van der Waals surface area contributed by atoms with Gasteiger partial charge in [0, 0.05) is 19.4 Å². The van der Waals surface area contributed by atoms with Crippen LogP contribution >= 0.6 is 7.82 Å². The maximum atomic E-state index is 12.7. The molecule has 0 heterocycles. The smallest absolute Gasteiger partial charge is 0.462 e. The Bertz CT molecular complexity index is 1950. The number of ether oxygens (including phenoxy) is 2. The van der Waals surface area contributed by atoms with Crippen molar-refractivity contribution < 1.29 is 37.6 Å². The van der Waals surface area contributed by atoms with Gasteiger partial charge >= 0.3 is 19.8 Å². The highest BCUT2D eigenvalue weighted by atomic mass is 31.2. The molecule has 0 aromatic rings. The number of unbranched alkanes of at least 4 members (excludes halogenated alkanes) is 23. The van der Waals surface area contributed by atoms with Crippen molar-refractivity contribution in [3.05, 3.63) is 158 Å². The Labute approximate surface area is 521 Å². The Balaban J connectivity index is 4.04. The molecule has 0 spiro atoms. The number of carbonyl (C=O) groups is 2. The first-order valence-electron chi connectivity index (χ1n) is 34.0. The summed E-state index contributed by atoms with van der Waals surface area (Å²) < 4.78 is 33.1. The highest BCUT2D eigenvalue weighted by Crippen LogP contribution is 2.43. The Morgan fingerprint density at radius 3 is 0.988 bits per heavy atom. The minimum Gasteiger partial charge on any atom is -0.462 e.